The van der Waals surface area contributed by atoms with E-state index < -0.39 is 5.97 Å². The second-order valence-electron chi connectivity index (χ2n) is 5.70. The van der Waals surface area contributed by atoms with E-state index in [4.69, 9.17) is 9.84 Å². The average Bonchev–Trinajstić information content (AvgIpc) is 2.44. The zero-order valence-electron chi connectivity index (χ0n) is 13.7. The highest BCUT2D eigenvalue weighted by Gasteiger charge is 2.14. The van der Waals surface area contributed by atoms with E-state index in [0.29, 0.717) is 0 Å². The van der Waals surface area contributed by atoms with Crippen LogP contribution in [0, 0.1) is 0 Å². The van der Waals surface area contributed by atoms with Gasteiger partial charge in [-0.2, -0.15) is 0 Å². The summed E-state index contributed by atoms with van der Waals surface area (Å²) >= 11 is 0. The smallest absolute Gasteiger partial charge is 0.306 e. The first-order valence-corrected chi connectivity index (χ1v) is 8.51. The van der Waals surface area contributed by atoms with Crippen molar-refractivity contribution in [1.82, 2.24) is 0 Å². The van der Waals surface area contributed by atoms with Gasteiger partial charge >= 0.3 is 11.9 Å². The van der Waals surface area contributed by atoms with E-state index in [1.807, 2.05) is 0 Å². The second-order valence-corrected chi connectivity index (χ2v) is 5.70. The fourth-order valence-electron chi connectivity index (χ4n) is 2.37. The first kappa shape index (κ1) is 19.9. The van der Waals surface area contributed by atoms with E-state index in [2.05, 4.69) is 13.8 Å². The number of unbranched alkanes of at least 4 members (excludes halogenated alkanes) is 6. The summed E-state index contributed by atoms with van der Waals surface area (Å²) in [7, 11) is 0. The molecule has 0 aliphatic rings. The van der Waals surface area contributed by atoms with Crippen molar-refractivity contribution in [2.45, 2.75) is 97.0 Å². The van der Waals surface area contributed by atoms with Gasteiger partial charge in [0, 0.05) is 0 Å². The second kappa shape index (κ2) is 13.9. The van der Waals surface area contributed by atoms with Gasteiger partial charge in [0.15, 0.2) is 0 Å². The van der Waals surface area contributed by atoms with Gasteiger partial charge in [-0.3, -0.25) is 9.59 Å². The molecule has 0 saturated carbocycles. The summed E-state index contributed by atoms with van der Waals surface area (Å²) in [6.07, 6.45) is 11.3. The molecule has 0 radical (unpaired) electrons. The maximum Gasteiger partial charge on any atom is 0.306 e. The first-order chi connectivity index (χ1) is 10.1. The monoisotopic (exact) mass is 300 g/mol. The highest BCUT2D eigenvalue weighted by atomic mass is 16.5. The Morgan fingerprint density at radius 3 is 2.05 bits per heavy atom. The standard InChI is InChI=1S/C17H32O4/c1-3-5-6-7-8-9-10-12-15(11-4-2)21-17(20)14-13-16(18)19/h15H,3-14H2,1-2H3,(H,18,19). The highest BCUT2D eigenvalue weighted by Crippen LogP contribution is 2.15. The topological polar surface area (TPSA) is 63.6 Å². The van der Waals surface area contributed by atoms with Gasteiger partial charge in [-0.25, -0.2) is 0 Å². The Hall–Kier alpha value is -1.06. The summed E-state index contributed by atoms with van der Waals surface area (Å²) in [5.41, 5.74) is 0. The minimum atomic E-state index is -0.953. The lowest BCUT2D eigenvalue weighted by atomic mass is 10.0. The summed E-state index contributed by atoms with van der Waals surface area (Å²) in [5.74, 6) is -1.33. The number of aliphatic carboxylic acids is 1. The Labute approximate surface area is 129 Å². The number of esters is 1. The SMILES string of the molecule is CCCCCCCCCC(CCC)OC(=O)CCC(=O)O. The van der Waals surface area contributed by atoms with Crippen molar-refractivity contribution >= 4 is 11.9 Å². The molecular weight excluding hydrogens is 268 g/mol. The molecule has 1 unspecified atom stereocenters. The van der Waals surface area contributed by atoms with Crippen molar-refractivity contribution in [3.63, 3.8) is 0 Å². The number of carboxylic acid groups (broad SMARTS) is 1. The van der Waals surface area contributed by atoms with E-state index in [9.17, 15) is 9.59 Å². The van der Waals surface area contributed by atoms with Gasteiger partial charge in [0.25, 0.3) is 0 Å². The van der Waals surface area contributed by atoms with Crippen LogP contribution in [0.25, 0.3) is 0 Å². The molecule has 0 rings (SSSR count). The van der Waals surface area contributed by atoms with Gasteiger partial charge in [0.1, 0.15) is 6.10 Å². The molecule has 0 aliphatic carbocycles. The van der Waals surface area contributed by atoms with Crippen LogP contribution >= 0.6 is 0 Å². The zero-order chi connectivity index (χ0) is 15.9. The van der Waals surface area contributed by atoms with Crippen LogP contribution in [-0.4, -0.2) is 23.1 Å². The summed E-state index contributed by atoms with van der Waals surface area (Å²) in [6, 6.07) is 0. The van der Waals surface area contributed by atoms with E-state index in [-0.39, 0.29) is 24.9 Å². The third-order valence-corrected chi connectivity index (χ3v) is 3.58. The third-order valence-electron chi connectivity index (χ3n) is 3.58. The van der Waals surface area contributed by atoms with Gasteiger partial charge in [0.05, 0.1) is 12.8 Å². The fraction of sp³-hybridized carbons (Fsp3) is 0.882. The van der Waals surface area contributed by atoms with Crippen molar-refractivity contribution in [2.24, 2.45) is 0 Å². The number of carbonyl (C=O) groups excluding carboxylic acids is 1. The van der Waals surface area contributed by atoms with Gasteiger partial charge in [-0.1, -0.05) is 58.8 Å². The molecule has 0 fully saturated rings. The van der Waals surface area contributed by atoms with Crippen LogP contribution in [0.3, 0.4) is 0 Å². The molecule has 21 heavy (non-hydrogen) atoms. The maximum absolute atomic E-state index is 11.6. The molecule has 1 N–H and O–H groups in total. The third kappa shape index (κ3) is 13.7. The molecule has 4 nitrogen and oxygen atoms in total. The fourth-order valence-corrected chi connectivity index (χ4v) is 2.37. The average molecular weight is 300 g/mol. The predicted octanol–water partition coefficient (Wildman–Crippen LogP) is 4.70. The number of carboxylic acids is 1. The number of hydrogen-bond acceptors (Lipinski definition) is 3. The molecule has 0 saturated heterocycles. The summed E-state index contributed by atoms with van der Waals surface area (Å²) < 4.78 is 5.38. The quantitative estimate of drug-likeness (QED) is 0.373. The maximum atomic E-state index is 11.6. The molecule has 0 heterocycles. The molecule has 0 aromatic rings. The van der Waals surface area contributed by atoms with Gasteiger partial charge < -0.3 is 9.84 Å². The van der Waals surface area contributed by atoms with Crippen LogP contribution in [0.5, 0.6) is 0 Å². The van der Waals surface area contributed by atoms with Crippen molar-refractivity contribution in [3.05, 3.63) is 0 Å². The van der Waals surface area contributed by atoms with E-state index in [1.165, 1.54) is 38.5 Å². The van der Waals surface area contributed by atoms with Crippen LogP contribution in [-0.2, 0) is 14.3 Å². The van der Waals surface area contributed by atoms with Crippen LogP contribution in [0.4, 0.5) is 0 Å². The van der Waals surface area contributed by atoms with E-state index in [0.717, 1.165) is 25.7 Å². The molecule has 0 aromatic carbocycles. The van der Waals surface area contributed by atoms with Gasteiger partial charge in [0.2, 0.25) is 0 Å². The van der Waals surface area contributed by atoms with Crippen LogP contribution in [0.2, 0.25) is 0 Å². The lowest BCUT2D eigenvalue weighted by Gasteiger charge is -2.17. The molecule has 0 bridgehead atoms. The van der Waals surface area contributed by atoms with Crippen molar-refractivity contribution in [2.75, 3.05) is 0 Å². The minimum Gasteiger partial charge on any atom is -0.481 e. The number of carbonyl (C=O) groups is 2. The Morgan fingerprint density at radius 2 is 1.48 bits per heavy atom. The molecule has 4 heteroatoms. The van der Waals surface area contributed by atoms with Crippen LogP contribution < -0.4 is 0 Å². The molecule has 0 aromatic heterocycles. The molecule has 0 amide bonds. The van der Waals surface area contributed by atoms with Crippen molar-refractivity contribution < 1.29 is 19.4 Å². The largest absolute Gasteiger partial charge is 0.481 e. The Bertz CT molecular complexity index is 276. The van der Waals surface area contributed by atoms with E-state index in [1.54, 1.807) is 0 Å². The Kier molecular flexibility index (Phi) is 13.2. The zero-order valence-corrected chi connectivity index (χ0v) is 13.7. The summed E-state index contributed by atoms with van der Waals surface area (Å²) in [4.78, 5) is 22.0. The number of rotatable bonds is 14. The molecule has 1 atom stereocenters. The normalized spacial score (nSPS) is 12.1. The van der Waals surface area contributed by atoms with Gasteiger partial charge in [-0.15, -0.1) is 0 Å². The first-order valence-electron chi connectivity index (χ1n) is 8.51. The number of hydrogen-bond donors (Lipinski definition) is 1. The lowest BCUT2D eigenvalue weighted by molar-refractivity contribution is -0.152. The van der Waals surface area contributed by atoms with Crippen molar-refractivity contribution in [1.29, 1.82) is 0 Å². The van der Waals surface area contributed by atoms with E-state index >= 15 is 0 Å². The van der Waals surface area contributed by atoms with Crippen LogP contribution in [0.15, 0.2) is 0 Å². The van der Waals surface area contributed by atoms with Gasteiger partial charge in [-0.05, 0) is 19.3 Å². The van der Waals surface area contributed by atoms with Crippen LogP contribution in [0.1, 0.15) is 90.9 Å². The van der Waals surface area contributed by atoms with Crippen molar-refractivity contribution in [3.8, 4) is 0 Å². The minimum absolute atomic E-state index is 0.0213. The highest BCUT2D eigenvalue weighted by molar-refractivity contribution is 5.76. The Balaban J connectivity index is 3.75. The molecule has 0 aliphatic heterocycles. The lowest BCUT2D eigenvalue weighted by Crippen LogP contribution is -2.18. The summed E-state index contributed by atoms with van der Waals surface area (Å²) in [6.45, 7) is 4.29. The Morgan fingerprint density at radius 1 is 0.857 bits per heavy atom. The number of ether oxygens (including phenoxy) is 1. The summed E-state index contributed by atoms with van der Waals surface area (Å²) in [5, 5.41) is 8.55. The molecule has 0 spiro atoms. The molecular formula is C17H32O4. The predicted molar refractivity (Wildman–Crippen MR) is 84.3 cm³/mol. The molecule has 124 valence electrons.